The second-order valence-electron chi connectivity index (χ2n) is 6.82. The number of imide groups is 1. The Morgan fingerprint density at radius 1 is 1.25 bits per heavy atom. The van der Waals surface area contributed by atoms with Crippen molar-refractivity contribution in [3.8, 4) is 0 Å². The Morgan fingerprint density at radius 2 is 1.88 bits per heavy atom. The number of hydrogen-bond donors (Lipinski definition) is 2. The van der Waals surface area contributed by atoms with E-state index < -0.39 is 17.5 Å². The number of carbonyl (C=O) groups excluding carboxylic acids is 3. The van der Waals surface area contributed by atoms with Gasteiger partial charge in [0, 0.05) is 6.54 Å². The number of nitrogens with zero attached hydrogens (tertiary/aromatic N) is 1. The lowest BCUT2D eigenvalue weighted by Crippen LogP contribution is -2.49. The van der Waals surface area contributed by atoms with E-state index in [0.29, 0.717) is 18.0 Å². The predicted octanol–water partition coefficient (Wildman–Crippen LogP) is 1.92. The average Bonchev–Trinajstić information content (AvgIpc) is 2.72. The van der Waals surface area contributed by atoms with Gasteiger partial charge < -0.3 is 5.32 Å². The minimum atomic E-state index is -1.18. The first kappa shape index (κ1) is 18.0. The van der Waals surface area contributed by atoms with E-state index in [1.54, 1.807) is 6.92 Å². The largest absolute Gasteiger partial charge is 0.355 e. The summed E-state index contributed by atoms with van der Waals surface area (Å²) >= 11 is 0. The maximum absolute atomic E-state index is 12.4. The van der Waals surface area contributed by atoms with Crippen LogP contribution in [0.3, 0.4) is 0 Å². The summed E-state index contributed by atoms with van der Waals surface area (Å²) in [4.78, 5) is 38.0. The first-order chi connectivity index (χ1) is 11.2. The van der Waals surface area contributed by atoms with Crippen LogP contribution in [0.25, 0.3) is 0 Å². The fourth-order valence-corrected chi connectivity index (χ4v) is 2.71. The molecule has 0 aromatic heterocycles. The topological polar surface area (TPSA) is 78.5 Å². The van der Waals surface area contributed by atoms with Gasteiger partial charge in [-0.1, -0.05) is 43.7 Å². The molecular weight excluding hydrogens is 306 g/mol. The highest BCUT2D eigenvalue weighted by molar-refractivity contribution is 6.08. The first-order valence-electron chi connectivity index (χ1n) is 8.22. The third-order valence-electron chi connectivity index (χ3n) is 4.41. The monoisotopic (exact) mass is 331 g/mol. The number of urea groups is 1. The van der Waals surface area contributed by atoms with E-state index in [1.807, 2.05) is 31.2 Å². The highest BCUT2D eigenvalue weighted by Crippen LogP contribution is 2.32. The summed E-state index contributed by atoms with van der Waals surface area (Å²) in [6, 6.07) is 6.87. The zero-order chi connectivity index (χ0) is 17.9. The summed E-state index contributed by atoms with van der Waals surface area (Å²) < 4.78 is 0. The van der Waals surface area contributed by atoms with Crippen LogP contribution in [0.4, 0.5) is 4.79 Å². The molecule has 0 aliphatic carbocycles. The van der Waals surface area contributed by atoms with Crippen molar-refractivity contribution in [3.05, 3.63) is 35.4 Å². The number of aryl methyl sites for hydroxylation is 1. The van der Waals surface area contributed by atoms with Crippen LogP contribution in [-0.4, -0.2) is 35.8 Å². The maximum atomic E-state index is 12.4. The lowest BCUT2D eigenvalue weighted by atomic mass is 9.90. The summed E-state index contributed by atoms with van der Waals surface area (Å²) in [6.45, 7) is 8.17. The molecule has 0 saturated carbocycles. The Kier molecular flexibility index (Phi) is 5.26. The third kappa shape index (κ3) is 3.58. The fourth-order valence-electron chi connectivity index (χ4n) is 2.71. The van der Waals surface area contributed by atoms with E-state index in [9.17, 15) is 14.4 Å². The Bertz CT molecular complexity index is 639. The van der Waals surface area contributed by atoms with Crippen LogP contribution in [0.5, 0.6) is 0 Å². The normalized spacial score (nSPS) is 20.5. The van der Waals surface area contributed by atoms with Crippen molar-refractivity contribution >= 4 is 17.8 Å². The van der Waals surface area contributed by atoms with E-state index in [-0.39, 0.29) is 12.5 Å². The maximum Gasteiger partial charge on any atom is 0.325 e. The molecule has 6 nitrogen and oxygen atoms in total. The summed E-state index contributed by atoms with van der Waals surface area (Å²) in [7, 11) is 0. The molecule has 1 fully saturated rings. The van der Waals surface area contributed by atoms with Gasteiger partial charge in [-0.25, -0.2) is 4.79 Å². The molecule has 2 rings (SSSR count). The third-order valence-corrected chi connectivity index (χ3v) is 4.41. The van der Waals surface area contributed by atoms with Crippen LogP contribution in [0, 0.1) is 12.8 Å². The molecule has 0 spiro atoms. The summed E-state index contributed by atoms with van der Waals surface area (Å²) in [5, 5.41) is 5.12. The summed E-state index contributed by atoms with van der Waals surface area (Å²) in [5.74, 6) is -0.190. The molecule has 1 saturated heterocycles. The minimum absolute atomic E-state index is 0.153. The average molecular weight is 331 g/mol. The van der Waals surface area contributed by atoms with Crippen molar-refractivity contribution in [2.24, 2.45) is 5.92 Å². The van der Waals surface area contributed by atoms with Crippen molar-refractivity contribution in [2.75, 3.05) is 13.1 Å². The molecule has 24 heavy (non-hydrogen) atoms. The molecule has 0 radical (unpaired) electrons. The standard InChI is InChI=1S/C18H25N3O3/c1-12(2)9-10-19-15(22)11-21-17(24)20-16(23)18(21,4)14-7-5-13(3)6-8-14/h5-8,12H,9-11H2,1-4H3,(H,19,22)(H,20,23,24)/t18-/m0/s1. The lowest BCUT2D eigenvalue weighted by Gasteiger charge is -2.31. The number of benzene rings is 1. The minimum Gasteiger partial charge on any atom is -0.355 e. The van der Waals surface area contributed by atoms with E-state index in [4.69, 9.17) is 0 Å². The molecule has 1 atom stereocenters. The van der Waals surface area contributed by atoms with E-state index in [2.05, 4.69) is 24.5 Å². The molecule has 4 amide bonds. The quantitative estimate of drug-likeness (QED) is 0.782. The lowest BCUT2D eigenvalue weighted by molar-refractivity contribution is -0.128. The molecule has 1 aliphatic heterocycles. The second-order valence-corrected chi connectivity index (χ2v) is 6.82. The van der Waals surface area contributed by atoms with Crippen molar-refractivity contribution in [1.82, 2.24) is 15.5 Å². The Balaban J connectivity index is 2.16. The van der Waals surface area contributed by atoms with Gasteiger partial charge in [0.1, 0.15) is 12.1 Å². The summed E-state index contributed by atoms with van der Waals surface area (Å²) in [5.41, 5.74) is 0.566. The van der Waals surface area contributed by atoms with Crippen LogP contribution >= 0.6 is 0 Å². The molecule has 130 valence electrons. The first-order valence-corrected chi connectivity index (χ1v) is 8.22. The van der Waals surface area contributed by atoms with Crippen molar-refractivity contribution in [1.29, 1.82) is 0 Å². The fraction of sp³-hybridized carbons (Fsp3) is 0.500. The number of amides is 4. The highest BCUT2D eigenvalue weighted by Gasteiger charge is 2.51. The molecule has 1 heterocycles. The van der Waals surface area contributed by atoms with Crippen LogP contribution in [0.1, 0.15) is 38.3 Å². The molecule has 1 aromatic carbocycles. The SMILES string of the molecule is Cc1ccc([C@@]2(C)C(=O)NC(=O)N2CC(=O)NCCC(C)C)cc1. The zero-order valence-corrected chi connectivity index (χ0v) is 14.7. The van der Waals surface area contributed by atoms with Gasteiger partial charge in [0.15, 0.2) is 0 Å². The van der Waals surface area contributed by atoms with Crippen molar-refractivity contribution in [3.63, 3.8) is 0 Å². The van der Waals surface area contributed by atoms with Crippen LogP contribution < -0.4 is 10.6 Å². The number of nitrogens with one attached hydrogen (secondary N) is 2. The van der Waals surface area contributed by atoms with Gasteiger partial charge in [-0.2, -0.15) is 0 Å². The van der Waals surface area contributed by atoms with Crippen molar-refractivity contribution in [2.45, 2.75) is 39.7 Å². The number of rotatable bonds is 6. The van der Waals surface area contributed by atoms with Gasteiger partial charge in [-0.05, 0) is 31.7 Å². The number of carbonyl (C=O) groups is 3. The predicted molar refractivity (Wildman–Crippen MR) is 91.2 cm³/mol. The van der Waals surface area contributed by atoms with Gasteiger partial charge in [-0.3, -0.25) is 19.8 Å². The number of hydrogen-bond acceptors (Lipinski definition) is 3. The van der Waals surface area contributed by atoms with Gasteiger partial charge in [0.25, 0.3) is 5.91 Å². The van der Waals surface area contributed by atoms with Gasteiger partial charge >= 0.3 is 6.03 Å². The van der Waals surface area contributed by atoms with Crippen molar-refractivity contribution < 1.29 is 14.4 Å². The van der Waals surface area contributed by atoms with Gasteiger partial charge in [-0.15, -0.1) is 0 Å². The molecule has 1 aromatic rings. The van der Waals surface area contributed by atoms with Gasteiger partial charge in [0.05, 0.1) is 0 Å². The highest BCUT2D eigenvalue weighted by atomic mass is 16.2. The van der Waals surface area contributed by atoms with E-state index in [1.165, 1.54) is 4.90 Å². The Labute approximate surface area is 142 Å². The van der Waals surface area contributed by atoms with E-state index >= 15 is 0 Å². The summed E-state index contributed by atoms with van der Waals surface area (Å²) in [6.07, 6.45) is 0.867. The van der Waals surface area contributed by atoms with E-state index in [0.717, 1.165) is 12.0 Å². The second kappa shape index (κ2) is 7.03. The van der Waals surface area contributed by atoms with Crippen LogP contribution in [-0.2, 0) is 15.1 Å². The Morgan fingerprint density at radius 3 is 2.46 bits per heavy atom. The van der Waals surface area contributed by atoms with Crippen LogP contribution in [0.15, 0.2) is 24.3 Å². The zero-order valence-electron chi connectivity index (χ0n) is 14.7. The molecule has 0 unspecified atom stereocenters. The molecular formula is C18H25N3O3. The van der Waals surface area contributed by atoms with Gasteiger partial charge in [0.2, 0.25) is 5.91 Å². The molecule has 1 aliphatic rings. The molecule has 6 heteroatoms. The smallest absolute Gasteiger partial charge is 0.325 e. The van der Waals surface area contributed by atoms with Crippen LogP contribution in [0.2, 0.25) is 0 Å². The molecule has 2 N–H and O–H groups in total. The Hall–Kier alpha value is -2.37. The molecule has 0 bridgehead atoms.